The van der Waals surface area contributed by atoms with Crippen LogP contribution in [0.2, 0.25) is 0 Å². The molecule has 0 atom stereocenters. The van der Waals surface area contributed by atoms with E-state index in [2.05, 4.69) is 41.4 Å². The molecule has 6 nitrogen and oxygen atoms in total. The first-order chi connectivity index (χ1) is 13.7. The van der Waals surface area contributed by atoms with Gasteiger partial charge in [0.05, 0.1) is 19.6 Å². The smallest absolute Gasteiger partial charge is 0.222 e. The van der Waals surface area contributed by atoms with E-state index in [4.69, 9.17) is 10.6 Å². The van der Waals surface area contributed by atoms with E-state index in [1.807, 2.05) is 17.0 Å². The van der Waals surface area contributed by atoms with Gasteiger partial charge in [0.15, 0.2) is 0 Å². The molecule has 0 aliphatic carbocycles. The Balaban J connectivity index is 1.28. The van der Waals surface area contributed by atoms with E-state index < -0.39 is 0 Å². The quantitative estimate of drug-likeness (QED) is 0.750. The molecule has 1 fully saturated rings. The standard InChI is InChI=1S/C22H26N4O2/c23-26-13-11-24-22(26)19-7-3-17(4-8-19)16-18-5-9-20(10-6-18)28-15-14-25-12-1-2-21(25)27/h3-10H,1-2,11-16,23H2. The minimum atomic E-state index is 0.240. The van der Waals surface area contributed by atoms with Crippen LogP contribution < -0.4 is 10.6 Å². The van der Waals surface area contributed by atoms with Crippen molar-refractivity contribution >= 4 is 11.7 Å². The van der Waals surface area contributed by atoms with Crippen molar-refractivity contribution in [2.24, 2.45) is 10.8 Å². The number of amidine groups is 1. The summed E-state index contributed by atoms with van der Waals surface area (Å²) in [4.78, 5) is 17.9. The molecule has 28 heavy (non-hydrogen) atoms. The maximum atomic E-state index is 11.6. The number of nitrogens with zero attached hydrogens (tertiary/aromatic N) is 3. The van der Waals surface area contributed by atoms with Crippen molar-refractivity contribution in [1.29, 1.82) is 0 Å². The summed E-state index contributed by atoms with van der Waals surface area (Å²) in [5.74, 6) is 7.88. The van der Waals surface area contributed by atoms with E-state index in [9.17, 15) is 4.79 Å². The number of likely N-dealkylation sites (tertiary alicyclic amines) is 1. The Kier molecular flexibility index (Phi) is 5.58. The predicted molar refractivity (Wildman–Crippen MR) is 109 cm³/mol. The molecule has 0 bridgehead atoms. The topological polar surface area (TPSA) is 71.2 Å². The van der Waals surface area contributed by atoms with Crippen molar-refractivity contribution in [1.82, 2.24) is 9.91 Å². The molecule has 2 aliphatic heterocycles. The first-order valence-electron chi connectivity index (χ1n) is 9.84. The second-order valence-corrected chi connectivity index (χ2v) is 7.25. The zero-order valence-corrected chi connectivity index (χ0v) is 16.0. The molecule has 2 aromatic carbocycles. The van der Waals surface area contributed by atoms with Crippen LogP contribution in [0, 0.1) is 0 Å². The fourth-order valence-corrected chi connectivity index (χ4v) is 3.64. The van der Waals surface area contributed by atoms with E-state index >= 15 is 0 Å². The summed E-state index contributed by atoms with van der Waals surface area (Å²) >= 11 is 0. The van der Waals surface area contributed by atoms with Gasteiger partial charge in [-0.1, -0.05) is 36.4 Å². The second-order valence-electron chi connectivity index (χ2n) is 7.25. The average molecular weight is 378 g/mol. The first kappa shape index (κ1) is 18.5. The molecule has 0 spiro atoms. The van der Waals surface area contributed by atoms with Crippen molar-refractivity contribution in [3.8, 4) is 5.75 Å². The predicted octanol–water partition coefficient (Wildman–Crippen LogP) is 2.21. The third-order valence-corrected chi connectivity index (χ3v) is 5.22. The number of carbonyl (C=O) groups is 1. The number of amides is 1. The Morgan fingerprint density at radius 2 is 1.71 bits per heavy atom. The van der Waals surface area contributed by atoms with Gasteiger partial charge in [-0.05, 0) is 36.1 Å². The lowest BCUT2D eigenvalue weighted by molar-refractivity contribution is -0.128. The first-order valence-corrected chi connectivity index (χ1v) is 9.84. The summed E-state index contributed by atoms with van der Waals surface area (Å²) in [6.45, 7) is 3.60. The Morgan fingerprint density at radius 1 is 1.00 bits per heavy atom. The molecule has 1 saturated heterocycles. The molecule has 0 aromatic heterocycles. The lowest BCUT2D eigenvalue weighted by Crippen LogP contribution is -2.34. The van der Waals surface area contributed by atoms with Crippen LogP contribution >= 0.6 is 0 Å². The number of carbonyl (C=O) groups excluding carboxylic acids is 1. The number of ether oxygens (including phenoxy) is 1. The second kappa shape index (κ2) is 8.44. The number of hydrazine groups is 1. The van der Waals surface area contributed by atoms with Crippen molar-refractivity contribution in [2.75, 3.05) is 32.8 Å². The molecule has 0 saturated carbocycles. The van der Waals surface area contributed by atoms with Crippen molar-refractivity contribution < 1.29 is 9.53 Å². The van der Waals surface area contributed by atoms with E-state index in [0.717, 1.165) is 49.6 Å². The molecule has 0 unspecified atom stereocenters. The molecule has 146 valence electrons. The van der Waals surface area contributed by atoms with Gasteiger partial charge in [0.2, 0.25) is 5.91 Å². The summed E-state index contributed by atoms with van der Waals surface area (Å²) in [6.07, 6.45) is 2.50. The lowest BCUT2D eigenvalue weighted by atomic mass is 10.0. The zero-order valence-electron chi connectivity index (χ0n) is 16.0. The molecule has 6 heteroatoms. The molecule has 2 aliphatic rings. The van der Waals surface area contributed by atoms with Gasteiger partial charge in [0.25, 0.3) is 0 Å². The highest BCUT2D eigenvalue weighted by Gasteiger charge is 2.19. The highest BCUT2D eigenvalue weighted by molar-refractivity contribution is 5.99. The Labute approximate surface area is 165 Å². The van der Waals surface area contributed by atoms with Crippen molar-refractivity contribution in [3.05, 3.63) is 65.2 Å². The van der Waals surface area contributed by atoms with Gasteiger partial charge < -0.3 is 9.64 Å². The fraction of sp³-hybridized carbons (Fsp3) is 0.364. The highest BCUT2D eigenvalue weighted by atomic mass is 16.5. The van der Waals surface area contributed by atoms with Crippen LogP contribution in [0.3, 0.4) is 0 Å². The van der Waals surface area contributed by atoms with E-state index in [-0.39, 0.29) is 5.91 Å². The van der Waals surface area contributed by atoms with Gasteiger partial charge in [-0.25, -0.2) is 5.84 Å². The van der Waals surface area contributed by atoms with E-state index in [1.54, 1.807) is 5.01 Å². The summed E-state index contributed by atoms with van der Waals surface area (Å²) in [5, 5.41) is 1.70. The van der Waals surface area contributed by atoms with E-state index in [0.29, 0.717) is 19.6 Å². The Morgan fingerprint density at radius 3 is 2.32 bits per heavy atom. The van der Waals surface area contributed by atoms with Crippen molar-refractivity contribution in [3.63, 3.8) is 0 Å². The van der Waals surface area contributed by atoms with Crippen LogP contribution in [0.15, 0.2) is 53.5 Å². The van der Waals surface area contributed by atoms with Crippen molar-refractivity contribution in [2.45, 2.75) is 19.3 Å². The van der Waals surface area contributed by atoms with Crippen LogP contribution in [-0.2, 0) is 11.2 Å². The maximum absolute atomic E-state index is 11.6. The van der Waals surface area contributed by atoms with Gasteiger partial charge in [0.1, 0.15) is 18.2 Å². The Hall–Kier alpha value is -2.86. The minimum absolute atomic E-state index is 0.240. The van der Waals surface area contributed by atoms with Crippen LogP contribution in [0.5, 0.6) is 5.75 Å². The van der Waals surface area contributed by atoms with Gasteiger partial charge in [-0.3, -0.25) is 14.8 Å². The zero-order chi connectivity index (χ0) is 19.3. The van der Waals surface area contributed by atoms with E-state index in [1.165, 1.54) is 11.1 Å². The molecule has 2 aromatic rings. The van der Waals surface area contributed by atoms with Gasteiger partial charge in [-0.2, -0.15) is 0 Å². The monoisotopic (exact) mass is 378 g/mol. The Bertz CT molecular complexity index is 846. The number of hydrogen-bond donors (Lipinski definition) is 1. The third-order valence-electron chi connectivity index (χ3n) is 5.22. The van der Waals surface area contributed by atoms with Gasteiger partial charge in [-0.15, -0.1) is 0 Å². The van der Waals surface area contributed by atoms with Crippen LogP contribution in [0.1, 0.15) is 29.5 Å². The third kappa shape index (κ3) is 4.34. The molecule has 2 N–H and O–H groups in total. The lowest BCUT2D eigenvalue weighted by Gasteiger charge is -2.16. The van der Waals surface area contributed by atoms with Gasteiger partial charge in [0, 0.05) is 18.5 Å². The molecular formula is C22H26N4O2. The number of nitrogens with two attached hydrogens (primary N) is 1. The molecular weight excluding hydrogens is 352 g/mol. The fourth-order valence-electron chi connectivity index (χ4n) is 3.64. The molecule has 0 radical (unpaired) electrons. The largest absolute Gasteiger partial charge is 0.492 e. The summed E-state index contributed by atoms with van der Waals surface area (Å²) in [7, 11) is 0. The maximum Gasteiger partial charge on any atom is 0.222 e. The summed E-state index contributed by atoms with van der Waals surface area (Å²) < 4.78 is 5.78. The highest BCUT2D eigenvalue weighted by Crippen LogP contribution is 2.17. The molecule has 4 rings (SSSR count). The van der Waals surface area contributed by atoms with Crippen LogP contribution in [-0.4, -0.2) is 54.4 Å². The average Bonchev–Trinajstić information content (AvgIpc) is 3.32. The summed E-state index contributed by atoms with van der Waals surface area (Å²) in [5.41, 5.74) is 3.53. The molecule has 2 heterocycles. The number of rotatable bonds is 7. The normalized spacial score (nSPS) is 16.6. The summed E-state index contributed by atoms with van der Waals surface area (Å²) in [6, 6.07) is 16.6. The minimum Gasteiger partial charge on any atom is -0.492 e. The SMILES string of the molecule is NN1CCN=C1c1ccc(Cc2ccc(OCCN3CCCC3=O)cc2)cc1. The van der Waals surface area contributed by atoms with Crippen LogP contribution in [0.4, 0.5) is 0 Å². The van der Waals surface area contributed by atoms with Crippen LogP contribution in [0.25, 0.3) is 0 Å². The number of benzene rings is 2. The number of aliphatic imine (C=N–C) groups is 1. The molecule has 1 amide bonds. The van der Waals surface area contributed by atoms with Gasteiger partial charge >= 0.3 is 0 Å². The number of hydrogen-bond acceptors (Lipinski definition) is 5.